The van der Waals surface area contributed by atoms with E-state index in [0.717, 1.165) is 31.5 Å². The fourth-order valence-corrected chi connectivity index (χ4v) is 6.53. The van der Waals surface area contributed by atoms with Crippen LogP contribution in [0.15, 0.2) is 71.6 Å². The fraction of sp³-hybridized carbons (Fsp3) is 0.258. The van der Waals surface area contributed by atoms with Crippen LogP contribution in [0.1, 0.15) is 18.1 Å². The Hall–Kier alpha value is -3.22. The molecule has 8 nitrogen and oxygen atoms in total. The maximum Gasteiger partial charge on any atom is 0.294 e. The van der Waals surface area contributed by atoms with Crippen LogP contribution < -0.4 is 14.4 Å². The van der Waals surface area contributed by atoms with Crippen LogP contribution in [0.25, 0.3) is 6.08 Å². The van der Waals surface area contributed by atoms with E-state index in [4.69, 9.17) is 21.1 Å². The van der Waals surface area contributed by atoms with Crippen molar-refractivity contribution in [3.8, 4) is 11.5 Å². The molecule has 11 heteroatoms. The van der Waals surface area contributed by atoms with Crippen LogP contribution in [-0.2, 0) is 16.2 Å². The number of para-hydroxylation sites is 1. The first-order valence-corrected chi connectivity index (χ1v) is 15.8. The number of carbonyl (C=O) groups excluding carboxylic acids is 3. The number of halogens is 2. The van der Waals surface area contributed by atoms with E-state index < -0.39 is 11.1 Å². The van der Waals surface area contributed by atoms with Crippen molar-refractivity contribution in [3.63, 3.8) is 0 Å². The molecule has 5 rings (SSSR count). The third-order valence-electron chi connectivity index (χ3n) is 6.88. The summed E-state index contributed by atoms with van der Waals surface area (Å²) in [5.41, 5.74) is 2.65. The minimum absolute atomic E-state index is 0.237. The molecule has 2 saturated heterocycles. The minimum atomic E-state index is -0.478. The molecule has 0 bridgehead atoms. The number of imide groups is 1. The van der Waals surface area contributed by atoms with Crippen molar-refractivity contribution < 1.29 is 23.9 Å². The molecular formula is C31H29ClIN3O5S. The summed E-state index contributed by atoms with van der Waals surface area (Å²) < 4.78 is 12.7. The number of piperazine rings is 1. The Labute approximate surface area is 267 Å². The number of carbonyl (C=O) groups is 3. The lowest BCUT2D eigenvalue weighted by atomic mass is 10.1. The molecule has 218 valence electrons. The zero-order valence-electron chi connectivity index (χ0n) is 22.9. The number of ether oxygens (including phenoxy) is 2. The zero-order chi connectivity index (χ0) is 29.6. The molecule has 2 aliphatic rings. The van der Waals surface area contributed by atoms with Gasteiger partial charge in [0, 0.05) is 42.5 Å². The second kappa shape index (κ2) is 13.8. The van der Waals surface area contributed by atoms with Gasteiger partial charge in [0.25, 0.3) is 11.1 Å². The maximum atomic E-state index is 13.2. The molecular weight excluding hydrogens is 689 g/mol. The number of hydrogen-bond donors (Lipinski definition) is 0. The molecule has 3 aromatic rings. The van der Waals surface area contributed by atoms with Gasteiger partial charge in [0.15, 0.2) is 11.5 Å². The lowest BCUT2D eigenvalue weighted by molar-refractivity contribution is -0.136. The normalized spacial score (nSPS) is 16.4. The van der Waals surface area contributed by atoms with Crippen LogP contribution >= 0.6 is 46.0 Å². The second-order valence-corrected chi connectivity index (χ2v) is 12.2. The molecule has 0 radical (unpaired) electrons. The van der Waals surface area contributed by atoms with E-state index in [1.165, 1.54) is 0 Å². The van der Waals surface area contributed by atoms with Gasteiger partial charge >= 0.3 is 0 Å². The van der Waals surface area contributed by atoms with Crippen LogP contribution in [-0.4, -0.2) is 66.2 Å². The van der Waals surface area contributed by atoms with Crippen LogP contribution in [0.4, 0.5) is 10.5 Å². The van der Waals surface area contributed by atoms with E-state index in [-0.39, 0.29) is 24.0 Å². The first-order chi connectivity index (χ1) is 20.3. The molecule has 0 atom stereocenters. The smallest absolute Gasteiger partial charge is 0.294 e. The van der Waals surface area contributed by atoms with Gasteiger partial charge in [-0.2, -0.15) is 0 Å². The summed E-state index contributed by atoms with van der Waals surface area (Å²) in [7, 11) is 0. The first kappa shape index (κ1) is 30.2. The van der Waals surface area contributed by atoms with E-state index in [1.54, 1.807) is 17.0 Å². The maximum absolute atomic E-state index is 13.2. The third-order valence-corrected chi connectivity index (χ3v) is 8.96. The summed E-state index contributed by atoms with van der Waals surface area (Å²) in [5.74, 6) is 0.375. The summed E-state index contributed by atoms with van der Waals surface area (Å²) in [6, 6.07) is 21.1. The zero-order valence-corrected chi connectivity index (χ0v) is 26.7. The monoisotopic (exact) mass is 717 g/mol. The van der Waals surface area contributed by atoms with E-state index in [2.05, 4.69) is 27.5 Å². The Morgan fingerprint density at radius 1 is 1.00 bits per heavy atom. The van der Waals surface area contributed by atoms with Crippen LogP contribution in [0.5, 0.6) is 11.5 Å². The van der Waals surface area contributed by atoms with Crippen LogP contribution in [0.3, 0.4) is 0 Å². The van der Waals surface area contributed by atoms with Gasteiger partial charge in [-0.1, -0.05) is 48.0 Å². The molecule has 0 aliphatic carbocycles. The summed E-state index contributed by atoms with van der Waals surface area (Å²) in [6.45, 7) is 4.73. The fourth-order valence-electron chi connectivity index (χ4n) is 4.72. The molecule has 42 heavy (non-hydrogen) atoms. The topological polar surface area (TPSA) is 79.4 Å². The van der Waals surface area contributed by atoms with Gasteiger partial charge in [0.2, 0.25) is 5.91 Å². The predicted octanol–water partition coefficient (Wildman–Crippen LogP) is 6.31. The van der Waals surface area contributed by atoms with E-state index in [1.807, 2.05) is 67.6 Å². The lowest BCUT2D eigenvalue weighted by Crippen LogP contribution is -2.51. The molecule has 0 spiro atoms. The largest absolute Gasteiger partial charge is 0.490 e. The van der Waals surface area contributed by atoms with Gasteiger partial charge in [-0.15, -0.1) is 0 Å². The Morgan fingerprint density at radius 3 is 2.43 bits per heavy atom. The molecule has 2 aliphatic heterocycles. The van der Waals surface area contributed by atoms with Crippen LogP contribution in [0.2, 0.25) is 5.02 Å². The van der Waals surface area contributed by atoms with Gasteiger partial charge in [0.05, 0.1) is 15.1 Å². The van der Waals surface area contributed by atoms with Gasteiger partial charge in [-0.05, 0) is 83.2 Å². The summed E-state index contributed by atoms with van der Waals surface area (Å²) in [6.07, 6.45) is 1.65. The number of nitrogens with zero attached hydrogens (tertiary/aromatic N) is 3. The molecule has 0 saturated carbocycles. The number of benzene rings is 3. The standard InChI is InChI=1S/C31H29ClIN3O5S/c1-2-40-26-17-21(16-25(33)29(26)41-20-22-8-6-7-11-24(22)32)18-27-30(38)36(31(39)42-27)19-28(37)35-14-12-34(13-15-35)23-9-4-3-5-10-23/h3-11,16-18H,2,12-15,19-20H2,1H3/b27-18+. The quantitative estimate of drug-likeness (QED) is 0.190. The van der Waals surface area contributed by atoms with E-state index in [9.17, 15) is 14.4 Å². The number of thioether (sulfide) groups is 1. The highest BCUT2D eigenvalue weighted by atomic mass is 127. The second-order valence-electron chi connectivity index (χ2n) is 9.61. The predicted molar refractivity (Wildman–Crippen MR) is 174 cm³/mol. The third kappa shape index (κ3) is 7.04. The lowest BCUT2D eigenvalue weighted by Gasteiger charge is -2.36. The SMILES string of the molecule is CCOc1cc(/C=C2/SC(=O)N(CC(=O)N3CCN(c4ccccc4)CC3)C2=O)cc(I)c1OCc1ccccc1Cl. The number of anilines is 1. The molecule has 0 unspecified atom stereocenters. The van der Waals surface area contributed by atoms with Crippen LogP contribution in [0, 0.1) is 3.57 Å². The summed E-state index contributed by atoms with van der Waals surface area (Å²) in [5, 5.41) is 0.160. The molecule has 0 N–H and O–H groups in total. The minimum Gasteiger partial charge on any atom is -0.490 e. The highest BCUT2D eigenvalue weighted by Crippen LogP contribution is 2.38. The van der Waals surface area contributed by atoms with Gasteiger partial charge in [-0.3, -0.25) is 19.3 Å². The Bertz CT molecular complexity index is 1510. The molecule has 3 aromatic carbocycles. The highest BCUT2D eigenvalue weighted by Gasteiger charge is 2.37. The van der Waals surface area contributed by atoms with Crippen molar-refractivity contribution >= 4 is 74.8 Å². The average Bonchev–Trinajstić information content (AvgIpc) is 3.25. The Kier molecular flexibility index (Phi) is 9.96. The Morgan fingerprint density at radius 2 is 1.71 bits per heavy atom. The summed E-state index contributed by atoms with van der Waals surface area (Å²) in [4.78, 5) is 44.2. The van der Waals surface area contributed by atoms with Crippen molar-refractivity contribution in [3.05, 3.63) is 91.4 Å². The van der Waals surface area contributed by atoms with Gasteiger partial charge in [0.1, 0.15) is 13.2 Å². The number of amides is 3. The van der Waals surface area contributed by atoms with E-state index in [0.29, 0.717) is 54.9 Å². The highest BCUT2D eigenvalue weighted by molar-refractivity contribution is 14.1. The molecule has 0 aromatic heterocycles. The van der Waals surface area contributed by atoms with Crippen molar-refractivity contribution in [2.45, 2.75) is 13.5 Å². The van der Waals surface area contributed by atoms with E-state index >= 15 is 0 Å². The molecule has 2 fully saturated rings. The van der Waals surface area contributed by atoms with Crippen molar-refractivity contribution in [1.82, 2.24) is 9.80 Å². The first-order valence-electron chi connectivity index (χ1n) is 13.5. The summed E-state index contributed by atoms with van der Waals surface area (Å²) >= 11 is 9.27. The van der Waals surface area contributed by atoms with Crippen molar-refractivity contribution in [2.24, 2.45) is 0 Å². The van der Waals surface area contributed by atoms with Gasteiger partial charge in [-0.25, -0.2) is 0 Å². The van der Waals surface area contributed by atoms with Crippen molar-refractivity contribution in [1.29, 1.82) is 0 Å². The Balaban J connectivity index is 1.24. The molecule has 3 amide bonds. The number of rotatable bonds is 9. The van der Waals surface area contributed by atoms with Gasteiger partial charge < -0.3 is 19.3 Å². The number of hydrogen-bond acceptors (Lipinski definition) is 7. The molecule has 2 heterocycles. The average molecular weight is 718 g/mol. The van der Waals surface area contributed by atoms with Crippen molar-refractivity contribution in [2.75, 3.05) is 44.2 Å².